The second-order valence-electron chi connectivity index (χ2n) is 3.91. The summed E-state index contributed by atoms with van der Waals surface area (Å²) in [6.45, 7) is 1.14. The number of hydrogen-bond donors (Lipinski definition) is 2. The molecule has 0 saturated carbocycles. The van der Waals surface area contributed by atoms with E-state index in [0.29, 0.717) is 13.0 Å². The number of amides is 1. The Bertz CT molecular complexity index is 449. The van der Waals surface area contributed by atoms with Crippen LogP contribution in [-0.2, 0) is 6.18 Å². The summed E-state index contributed by atoms with van der Waals surface area (Å²) in [5.74, 6) is -0.505. The minimum atomic E-state index is -4.48. The summed E-state index contributed by atoms with van der Waals surface area (Å²) in [4.78, 5) is 11.7. The number of carbonyl (C=O) groups is 1. The number of halogens is 4. The molecule has 19 heavy (non-hydrogen) atoms. The van der Waals surface area contributed by atoms with Crippen molar-refractivity contribution in [2.24, 2.45) is 0 Å². The van der Waals surface area contributed by atoms with Crippen LogP contribution >= 0.6 is 15.9 Å². The van der Waals surface area contributed by atoms with Gasteiger partial charge in [0, 0.05) is 16.6 Å². The van der Waals surface area contributed by atoms with E-state index >= 15 is 0 Å². The second kappa shape index (κ2) is 6.91. The highest BCUT2D eigenvalue weighted by Crippen LogP contribution is 2.35. The van der Waals surface area contributed by atoms with Crippen molar-refractivity contribution >= 4 is 21.8 Å². The molecule has 0 bridgehead atoms. The zero-order chi connectivity index (χ0) is 14.5. The first kappa shape index (κ1) is 16.0. The molecule has 0 atom stereocenters. The average molecular weight is 339 g/mol. The van der Waals surface area contributed by atoms with Crippen molar-refractivity contribution in [1.29, 1.82) is 0 Å². The Kier molecular flexibility index (Phi) is 5.81. The number of alkyl halides is 3. The van der Waals surface area contributed by atoms with Gasteiger partial charge < -0.3 is 10.6 Å². The van der Waals surface area contributed by atoms with Crippen LogP contribution in [0.2, 0.25) is 0 Å². The molecule has 1 aromatic carbocycles. The Morgan fingerprint density at radius 3 is 2.58 bits per heavy atom. The zero-order valence-electron chi connectivity index (χ0n) is 10.3. The molecule has 1 rings (SSSR count). The molecule has 0 aliphatic carbocycles. The summed E-state index contributed by atoms with van der Waals surface area (Å²) in [6.07, 6.45) is -3.77. The highest BCUT2D eigenvalue weighted by atomic mass is 79.9. The maximum atomic E-state index is 12.7. The average Bonchev–Trinajstić information content (AvgIpc) is 2.33. The van der Waals surface area contributed by atoms with E-state index in [9.17, 15) is 18.0 Å². The Morgan fingerprint density at radius 2 is 2.00 bits per heavy atom. The minimum absolute atomic E-state index is 0.0000161. The van der Waals surface area contributed by atoms with Gasteiger partial charge in [-0.15, -0.1) is 0 Å². The number of hydrogen-bond acceptors (Lipinski definition) is 2. The number of carbonyl (C=O) groups excluding carboxylic acids is 1. The smallest absolute Gasteiger partial charge is 0.352 e. The second-order valence-corrected chi connectivity index (χ2v) is 4.76. The van der Waals surface area contributed by atoms with Crippen molar-refractivity contribution in [3.8, 4) is 0 Å². The standard InChI is InChI=1S/C12H14BrF3N2O/c1-17-5-2-6-18-11(19)8-3-4-10(13)9(7-8)12(14,15)16/h3-4,7,17H,2,5-6H2,1H3,(H,18,19). The molecule has 2 N–H and O–H groups in total. The van der Waals surface area contributed by atoms with Gasteiger partial charge in [0.15, 0.2) is 0 Å². The first-order valence-electron chi connectivity index (χ1n) is 5.66. The van der Waals surface area contributed by atoms with Crippen molar-refractivity contribution in [3.05, 3.63) is 33.8 Å². The molecule has 3 nitrogen and oxygen atoms in total. The summed E-state index contributed by atoms with van der Waals surface area (Å²) in [6, 6.07) is 3.43. The lowest BCUT2D eigenvalue weighted by atomic mass is 10.1. The van der Waals surface area contributed by atoms with Crippen LogP contribution in [0.25, 0.3) is 0 Å². The Labute approximate surface area is 117 Å². The van der Waals surface area contributed by atoms with Crippen LogP contribution in [0.3, 0.4) is 0 Å². The molecule has 1 aromatic rings. The lowest BCUT2D eigenvalue weighted by molar-refractivity contribution is -0.138. The highest BCUT2D eigenvalue weighted by molar-refractivity contribution is 9.10. The van der Waals surface area contributed by atoms with Gasteiger partial charge in [0.05, 0.1) is 5.56 Å². The molecule has 0 fully saturated rings. The Hall–Kier alpha value is -1.08. The van der Waals surface area contributed by atoms with Gasteiger partial charge in [-0.2, -0.15) is 13.2 Å². The molecule has 0 spiro atoms. The van der Waals surface area contributed by atoms with E-state index in [-0.39, 0.29) is 10.0 Å². The fourth-order valence-corrected chi connectivity index (χ4v) is 1.92. The molecule has 0 unspecified atom stereocenters. The van der Waals surface area contributed by atoms with Crippen LogP contribution in [0.15, 0.2) is 22.7 Å². The lowest BCUT2D eigenvalue weighted by Gasteiger charge is -2.11. The molecule has 7 heteroatoms. The SMILES string of the molecule is CNCCCNC(=O)c1ccc(Br)c(C(F)(F)F)c1. The van der Waals surface area contributed by atoms with Crippen molar-refractivity contribution in [2.75, 3.05) is 20.1 Å². The molecular weight excluding hydrogens is 325 g/mol. The molecule has 0 aromatic heterocycles. The van der Waals surface area contributed by atoms with Crippen molar-refractivity contribution in [2.45, 2.75) is 12.6 Å². The molecular formula is C12H14BrF3N2O. The number of benzene rings is 1. The summed E-state index contributed by atoms with van der Waals surface area (Å²) in [5.41, 5.74) is -0.852. The summed E-state index contributed by atoms with van der Waals surface area (Å²) in [7, 11) is 1.78. The first-order chi connectivity index (χ1) is 8.86. The van der Waals surface area contributed by atoms with Gasteiger partial charge in [-0.05, 0) is 38.2 Å². The quantitative estimate of drug-likeness (QED) is 0.810. The van der Waals surface area contributed by atoms with Gasteiger partial charge in [-0.25, -0.2) is 0 Å². The molecule has 106 valence electrons. The lowest BCUT2D eigenvalue weighted by Crippen LogP contribution is -2.26. The molecule has 0 aliphatic rings. The fraction of sp³-hybridized carbons (Fsp3) is 0.417. The van der Waals surface area contributed by atoms with Crippen LogP contribution in [0.4, 0.5) is 13.2 Å². The largest absolute Gasteiger partial charge is 0.417 e. The van der Waals surface area contributed by atoms with E-state index in [2.05, 4.69) is 26.6 Å². The van der Waals surface area contributed by atoms with E-state index in [1.807, 2.05) is 0 Å². The Balaban J connectivity index is 2.76. The van der Waals surface area contributed by atoms with E-state index in [4.69, 9.17) is 0 Å². The summed E-state index contributed by atoms with van der Waals surface area (Å²) in [5, 5.41) is 5.48. The monoisotopic (exact) mass is 338 g/mol. The van der Waals surface area contributed by atoms with Gasteiger partial charge in [-0.3, -0.25) is 4.79 Å². The summed E-state index contributed by atoms with van der Waals surface area (Å²) >= 11 is 2.83. The third kappa shape index (κ3) is 4.83. The first-order valence-corrected chi connectivity index (χ1v) is 6.45. The van der Waals surface area contributed by atoms with Gasteiger partial charge in [0.25, 0.3) is 5.91 Å². The summed E-state index contributed by atoms with van der Waals surface area (Å²) < 4.78 is 37.9. The van der Waals surface area contributed by atoms with Crippen LogP contribution in [0.1, 0.15) is 22.3 Å². The van der Waals surface area contributed by atoms with Crippen molar-refractivity contribution in [1.82, 2.24) is 10.6 Å². The predicted molar refractivity (Wildman–Crippen MR) is 70.0 cm³/mol. The van der Waals surface area contributed by atoms with Gasteiger partial charge in [0.2, 0.25) is 0 Å². The predicted octanol–water partition coefficient (Wildman–Crippen LogP) is 2.81. The number of nitrogens with one attached hydrogen (secondary N) is 2. The van der Waals surface area contributed by atoms with Crippen LogP contribution in [0.5, 0.6) is 0 Å². The van der Waals surface area contributed by atoms with Crippen LogP contribution < -0.4 is 10.6 Å². The minimum Gasteiger partial charge on any atom is -0.352 e. The molecule has 0 radical (unpaired) electrons. The maximum absolute atomic E-state index is 12.7. The fourth-order valence-electron chi connectivity index (χ4n) is 1.45. The van der Waals surface area contributed by atoms with Gasteiger partial charge in [-0.1, -0.05) is 15.9 Å². The number of rotatable bonds is 5. The van der Waals surface area contributed by atoms with E-state index in [1.165, 1.54) is 12.1 Å². The normalized spacial score (nSPS) is 11.4. The zero-order valence-corrected chi connectivity index (χ0v) is 11.9. The van der Waals surface area contributed by atoms with Crippen LogP contribution in [-0.4, -0.2) is 26.0 Å². The van der Waals surface area contributed by atoms with E-state index in [0.717, 1.165) is 12.6 Å². The third-order valence-corrected chi connectivity index (χ3v) is 3.11. The topological polar surface area (TPSA) is 41.1 Å². The molecule has 0 aliphatic heterocycles. The van der Waals surface area contributed by atoms with Gasteiger partial charge >= 0.3 is 6.18 Å². The Morgan fingerprint density at radius 1 is 1.32 bits per heavy atom. The van der Waals surface area contributed by atoms with Gasteiger partial charge in [0.1, 0.15) is 0 Å². The maximum Gasteiger partial charge on any atom is 0.417 e. The van der Waals surface area contributed by atoms with E-state index in [1.54, 1.807) is 7.05 Å². The van der Waals surface area contributed by atoms with Crippen molar-refractivity contribution < 1.29 is 18.0 Å². The van der Waals surface area contributed by atoms with E-state index < -0.39 is 17.6 Å². The highest BCUT2D eigenvalue weighted by Gasteiger charge is 2.33. The van der Waals surface area contributed by atoms with Crippen LogP contribution in [0, 0.1) is 0 Å². The molecule has 0 saturated heterocycles. The van der Waals surface area contributed by atoms with Crippen molar-refractivity contribution in [3.63, 3.8) is 0 Å². The molecule has 1 amide bonds. The molecule has 0 heterocycles. The third-order valence-electron chi connectivity index (χ3n) is 2.42.